The van der Waals surface area contributed by atoms with E-state index in [9.17, 15) is 4.79 Å². The largest absolute Gasteiger partial charge is 0.493 e. The summed E-state index contributed by atoms with van der Waals surface area (Å²) in [7, 11) is 0. The molecule has 0 spiro atoms. The van der Waals surface area contributed by atoms with Crippen molar-refractivity contribution in [3.05, 3.63) is 93.9 Å². The first-order chi connectivity index (χ1) is 13.7. The standard InChI is InChI=1S/C22H19N3O3/c23-25-24-15-17(14-16-8-10-19(11-9-16)22(26)27)12-13-28-21-7-3-5-18-4-1-2-6-20(18)21/h1-11,14H,12-13,15H2,(H,26,27). The molecule has 28 heavy (non-hydrogen) atoms. The first-order valence-corrected chi connectivity index (χ1v) is 8.81. The Kier molecular flexibility index (Phi) is 6.29. The van der Waals surface area contributed by atoms with Crippen LogP contribution in [0.25, 0.3) is 27.3 Å². The maximum Gasteiger partial charge on any atom is 0.335 e. The maximum absolute atomic E-state index is 11.0. The zero-order valence-electron chi connectivity index (χ0n) is 15.2. The minimum atomic E-state index is -0.965. The van der Waals surface area contributed by atoms with Crippen molar-refractivity contribution in [2.45, 2.75) is 6.42 Å². The summed E-state index contributed by atoms with van der Waals surface area (Å²) >= 11 is 0. The highest BCUT2D eigenvalue weighted by atomic mass is 16.5. The molecule has 0 atom stereocenters. The Bertz CT molecular complexity index is 1050. The number of fused-ring (bicyclic) bond motifs is 1. The number of carboxylic acids is 1. The zero-order valence-corrected chi connectivity index (χ0v) is 15.2. The van der Waals surface area contributed by atoms with Crippen LogP contribution in [0.1, 0.15) is 22.3 Å². The van der Waals surface area contributed by atoms with Gasteiger partial charge in [0.1, 0.15) is 5.75 Å². The van der Waals surface area contributed by atoms with Crippen LogP contribution in [0.5, 0.6) is 5.75 Å². The molecule has 140 valence electrons. The zero-order chi connectivity index (χ0) is 19.8. The van der Waals surface area contributed by atoms with Gasteiger partial charge in [-0.25, -0.2) is 4.79 Å². The minimum absolute atomic E-state index is 0.230. The Balaban J connectivity index is 1.71. The SMILES string of the molecule is [N-]=[N+]=NCC(=Cc1ccc(C(=O)O)cc1)CCOc1cccc2ccccc12. The van der Waals surface area contributed by atoms with Gasteiger partial charge in [0.2, 0.25) is 0 Å². The van der Waals surface area contributed by atoms with Crippen molar-refractivity contribution < 1.29 is 14.6 Å². The van der Waals surface area contributed by atoms with Gasteiger partial charge >= 0.3 is 5.97 Å². The Morgan fingerprint density at radius 3 is 2.57 bits per heavy atom. The van der Waals surface area contributed by atoms with Crippen LogP contribution in [-0.2, 0) is 0 Å². The second-order valence-electron chi connectivity index (χ2n) is 6.19. The molecule has 6 nitrogen and oxygen atoms in total. The predicted molar refractivity (Wildman–Crippen MR) is 109 cm³/mol. The number of ether oxygens (including phenoxy) is 1. The molecule has 0 fully saturated rings. The molecule has 0 amide bonds. The average Bonchev–Trinajstić information content (AvgIpc) is 2.72. The van der Waals surface area contributed by atoms with Crippen LogP contribution in [0.4, 0.5) is 0 Å². The van der Waals surface area contributed by atoms with Crippen molar-refractivity contribution in [1.82, 2.24) is 0 Å². The third-order valence-corrected chi connectivity index (χ3v) is 4.30. The lowest BCUT2D eigenvalue weighted by atomic mass is 10.1. The van der Waals surface area contributed by atoms with E-state index in [2.05, 4.69) is 10.0 Å². The minimum Gasteiger partial charge on any atom is -0.493 e. The van der Waals surface area contributed by atoms with Crippen molar-refractivity contribution in [2.75, 3.05) is 13.2 Å². The maximum atomic E-state index is 11.0. The smallest absolute Gasteiger partial charge is 0.335 e. The second kappa shape index (κ2) is 9.26. The van der Waals surface area contributed by atoms with Gasteiger partial charge in [0.15, 0.2) is 0 Å². The highest BCUT2D eigenvalue weighted by Gasteiger charge is 2.04. The highest BCUT2D eigenvalue weighted by molar-refractivity contribution is 5.88. The van der Waals surface area contributed by atoms with Gasteiger partial charge in [0.05, 0.1) is 12.2 Å². The predicted octanol–water partition coefficient (Wildman–Crippen LogP) is 5.70. The average molecular weight is 373 g/mol. The first-order valence-electron chi connectivity index (χ1n) is 8.81. The monoisotopic (exact) mass is 373 g/mol. The number of aromatic carboxylic acids is 1. The Labute approximate surface area is 162 Å². The fraction of sp³-hybridized carbons (Fsp3) is 0.136. The number of carboxylic acid groups (broad SMARTS) is 1. The van der Waals surface area contributed by atoms with E-state index >= 15 is 0 Å². The Hall–Kier alpha value is -3.76. The van der Waals surface area contributed by atoms with Gasteiger partial charge in [0.25, 0.3) is 0 Å². The molecule has 0 unspecified atom stereocenters. The van der Waals surface area contributed by atoms with E-state index in [-0.39, 0.29) is 12.1 Å². The number of benzene rings is 3. The molecule has 0 aromatic heterocycles. The molecule has 0 heterocycles. The van der Waals surface area contributed by atoms with E-state index in [0.29, 0.717) is 13.0 Å². The molecule has 0 radical (unpaired) electrons. The van der Waals surface area contributed by atoms with E-state index in [1.54, 1.807) is 24.3 Å². The summed E-state index contributed by atoms with van der Waals surface area (Å²) in [5.74, 6) is -0.152. The van der Waals surface area contributed by atoms with Gasteiger partial charge in [-0.3, -0.25) is 0 Å². The number of azide groups is 1. The van der Waals surface area contributed by atoms with E-state index in [0.717, 1.165) is 27.7 Å². The molecule has 0 saturated carbocycles. The molecule has 3 aromatic rings. The van der Waals surface area contributed by atoms with Crippen LogP contribution in [0.2, 0.25) is 0 Å². The molecular formula is C22H19N3O3. The summed E-state index contributed by atoms with van der Waals surface area (Å²) in [6.07, 6.45) is 2.48. The first kappa shape index (κ1) is 19.0. The Morgan fingerprint density at radius 2 is 1.82 bits per heavy atom. The number of hydrogen-bond acceptors (Lipinski definition) is 3. The summed E-state index contributed by atoms with van der Waals surface area (Å²) in [5, 5.41) is 14.8. The molecule has 3 aromatic carbocycles. The molecule has 0 bridgehead atoms. The summed E-state index contributed by atoms with van der Waals surface area (Å²) in [6.45, 7) is 0.671. The fourth-order valence-corrected chi connectivity index (χ4v) is 2.89. The number of hydrogen-bond donors (Lipinski definition) is 1. The van der Waals surface area contributed by atoms with E-state index in [4.69, 9.17) is 15.4 Å². The topological polar surface area (TPSA) is 95.3 Å². The van der Waals surface area contributed by atoms with Crippen LogP contribution in [0.3, 0.4) is 0 Å². The van der Waals surface area contributed by atoms with Crippen LogP contribution in [0, 0.1) is 0 Å². The summed E-state index contributed by atoms with van der Waals surface area (Å²) in [4.78, 5) is 13.8. The van der Waals surface area contributed by atoms with Gasteiger partial charge < -0.3 is 9.84 Å². The van der Waals surface area contributed by atoms with Gasteiger partial charge in [-0.05, 0) is 34.7 Å². The van der Waals surface area contributed by atoms with Crippen molar-refractivity contribution in [1.29, 1.82) is 0 Å². The van der Waals surface area contributed by atoms with Crippen LogP contribution >= 0.6 is 0 Å². The van der Waals surface area contributed by atoms with Gasteiger partial charge in [-0.1, -0.05) is 65.3 Å². The summed E-state index contributed by atoms with van der Waals surface area (Å²) in [5.41, 5.74) is 10.6. The van der Waals surface area contributed by atoms with E-state index in [1.165, 1.54) is 0 Å². The number of rotatable bonds is 8. The second-order valence-corrected chi connectivity index (χ2v) is 6.19. The molecule has 6 heteroatoms. The van der Waals surface area contributed by atoms with Gasteiger partial charge in [-0.15, -0.1) is 0 Å². The molecule has 1 N–H and O–H groups in total. The lowest BCUT2D eigenvalue weighted by Crippen LogP contribution is -2.01. The molecule has 0 aliphatic rings. The van der Waals surface area contributed by atoms with Crippen LogP contribution < -0.4 is 4.74 Å². The van der Waals surface area contributed by atoms with E-state index in [1.807, 2.05) is 48.5 Å². The van der Waals surface area contributed by atoms with Gasteiger partial charge in [-0.2, -0.15) is 0 Å². The number of nitrogens with zero attached hydrogens (tertiary/aromatic N) is 3. The van der Waals surface area contributed by atoms with Crippen molar-refractivity contribution in [3.8, 4) is 5.75 Å². The van der Waals surface area contributed by atoms with Crippen molar-refractivity contribution >= 4 is 22.8 Å². The third-order valence-electron chi connectivity index (χ3n) is 4.30. The molecular weight excluding hydrogens is 354 g/mol. The lowest BCUT2D eigenvalue weighted by molar-refractivity contribution is 0.0697. The highest BCUT2D eigenvalue weighted by Crippen LogP contribution is 2.25. The Morgan fingerprint density at radius 1 is 1.07 bits per heavy atom. The van der Waals surface area contributed by atoms with Crippen LogP contribution in [-0.4, -0.2) is 24.2 Å². The fourth-order valence-electron chi connectivity index (χ4n) is 2.89. The van der Waals surface area contributed by atoms with E-state index < -0.39 is 5.97 Å². The molecule has 3 rings (SSSR count). The van der Waals surface area contributed by atoms with Gasteiger partial charge in [0, 0.05) is 23.3 Å². The summed E-state index contributed by atoms with van der Waals surface area (Å²) < 4.78 is 5.96. The normalized spacial score (nSPS) is 11.1. The number of carbonyl (C=O) groups is 1. The molecule has 0 aliphatic heterocycles. The molecule has 0 saturated heterocycles. The van der Waals surface area contributed by atoms with Crippen molar-refractivity contribution in [3.63, 3.8) is 0 Å². The third kappa shape index (κ3) is 4.90. The lowest BCUT2D eigenvalue weighted by Gasteiger charge is -2.10. The van der Waals surface area contributed by atoms with Crippen molar-refractivity contribution in [2.24, 2.45) is 5.11 Å². The summed E-state index contributed by atoms with van der Waals surface area (Å²) in [6, 6.07) is 20.5. The van der Waals surface area contributed by atoms with Crippen LogP contribution in [0.15, 0.2) is 77.4 Å². The molecule has 0 aliphatic carbocycles. The quantitative estimate of drug-likeness (QED) is 0.311.